The van der Waals surface area contributed by atoms with Crippen molar-refractivity contribution in [1.29, 1.82) is 0 Å². The van der Waals surface area contributed by atoms with E-state index >= 15 is 0 Å². The Morgan fingerprint density at radius 1 is 1.77 bits per heavy atom. The quantitative estimate of drug-likeness (QED) is 0.690. The topological polar surface area (TPSA) is 56.1 Å². The van der Waals surface area contributed by atoms with Crippen molar-refractivity contribution in [3.05, 3.63) is 17.7 Å². The molecule has 0 saturated heterocycles. The van der Waals surface area contributed by atoms with Crippen LogP contribution in [0.4, 0.5) is 0 Å². The van der Waals surface area contributed by atoms with E-state index in [0.29, 0.717) is 18.0 Å². The highest BCUT2D eigenvalue weighted by atomic mass is 16.6. The molecule has 0 fully saturated rings. The third kappa shape index (κ3) is 2.06. The Kier molecular flexibility index (Phi) is 3.02. The SMILES string of the molecule is CCONC(=O)c1c(C)ncn1C. The van der Waals surface area contributed by atoms with Crippen molar-refractivity contribution in [1.82, 2.24) is 15.0 Å². The highest BCUT2D eigenvalue weighted by Gasteiger charge is 2.13. The number of rotatable bonds is 3. The van der Waals surface area contributed by atoms with Gasteiger partial charge in [-0.2, -0.15) is 0 Å². The Labute approximate surface area is 76.7 Å². The molecule has 1 rings (SSSR count). The van der Waals surface area contributed by atoms with Gasteiger partial charge < -0.3 is 4.57 Å². The summed E-state index contributed by atoms with van der Waals surface area (Å²) in [7, 11) is 1.76. The summed E-state index contributed by atoms with van der Waals surface area (Å²) in [4.78, 5) is 20.2. The molecule has 0 aliphatic rings. The van der Waals surface area contributed by atoms with E-state index < -0.39 is 0 Å². The van der Waals surface area contributed by atoms with E-state index in [1.54, 1.807) is 31.8 Å². The smallest absolute Gasteiger partial charge is 0.293 e. The van der Waals surface area contributed by atoms with Crippen molar-refractivity contribution in [3.63, 3.8) is 0 Å². The molecule has 0 radical (unpaired) electrons. The second-order valence-corrected chi connectivity index (χ2v) is 2.65. The Hall–Kier alpha value is -1.36. The average molecular weight is 183 g/mol. The lowest BCUT2D eigenvalue weighted by atomic mass is 10.3. The monoisotopic (exact) mass is 183 g/mol. The fourth-order valence-corrected chi connectivity index (χ4v) is 1.06. The Morgan fingerprint density at radius 3 is 2.92 bits per heavy atom. The summed E-state index contributed by atoms with van der Waals surface area (Å²) in [6.07, 6.45) is 1.59. The van der Waals surface area contributed by atoms with Crippen LogP contribution in [0.1, 0.15) is 23.1 Å². The first-order valence-corrected chi connectivity index (χ1v) is 4.06. The fourth-order valence-electron chi connectivity index (χ4n) is 1.06. The van der Waals surface area contributed by atoms with Crippen LogP contribution in [0.25, 0.3) is 0 Å². The highest BCUT2D eigenvalue weighted by molar-refractivity contribution is 5.92. The van der Waals surface area contributed by atoms with E-state index in [-0.39, 0.29) is 5.91 Å². The normalized spacial score (nSPS) is 10.1. The minimum Gasteiger partial charge on any atom is -0.329 e. The molecule has 0 aromatic carbocycles. The molecule has 0 aliphatic carbocycles. The van der Waals surface area contributed by atoms with Crippen LogP contribution in [0, 0.1) is 6.92 Å². The van der Waals surface area contributed by atoms with Gasteiger partial charge in [-0.3, -0.25) is 9.63 Å². The molecule has 5 heteroatoms. The Balaban J connectivity index is 2.76. The fraction of sp³-hybridized carbons (Fsp3) is 0.500. The number of imidazole rings is 1. The van der Waals surface area contributed by atoms with Crippen molar-refractivity contribution < 1.29 is 9.63 Å². The predicted molar refractivity (Wildman–Crippen MR) is 47.0 cm³/mol. The number of amides is 1. The van der Waals surface area contributed by atoms with Crippen molar-refractivity contribution in [2.45, 2.75) is 13.8 Å². The maximum Gasteiger partial charge on any atom is 0.293 e. The molecule has 1 heterocycles. The largest absolute Gasteiger partial charge is 0.329 e. The van der Waals surface area contributed by atoms with E-state index in [2.05, 4.69) is 10.5 Å². The maximum absolute atomic E-state index is 11.4. The van der Waals surface area contributed by atoms with Gasteiger partial charge in [0.2, 0.25) is 0 Å². The summed E-state index contributed by atoms with van der Waals surface area (Å²) < 4.78 is 1.66. The number of carbonyl (C=O) groups is 1. The zero-order valence-electron chi connectivity index (χ0n) is 8.00. The third-order valence-electron chi connectivity index (χ3n) is 1.64. The van der Waals surface area contributed by atoms with Gasteiger partial charge in [-0.1, -0.05) is 0 Å². The van der Waals surface area contributed by atoms with Crippen LogP contribution in [-0.4, -0.2) is 22.1 Å². The van der Waals surface area contributed by atoms with E-state index in [9.17, 15) is 4.79 Å². The van der Waals surface area contributed by atoms with Crippen LogP contribution >= 0.6 is 0 Å². The van der Waals surface area contributed by atoms with Crippen molar-refractivity contribution in [3.8, 4) is 0 Å². The number of hydroxylamine groups is 1. The number of nitrogens with zero attached hydrogens (tertiary/aromatic N) is 2. The van der Waals surface area contributed by atoms with E-state index in [1.807, 2.05) is 0 Å². The molecule has 0 bridgehead atoms. The second kappa shape index (κ2) is 4.04. The lowest BCUT2D eigenvalue weighted by Gasteiger charge is -2.04. The molecule has 0 unspecified atom stereocenters. The van der Waals surface area contributed by atoms with Crippen LogP contribution in [-0.2, 0) is 11.9 Å². The second-order valence-electron chi connectivity index (χ2n) is 2.65. The molecular formula is C8H13N3O2. The molecule has 0 spiro atoms. The lowest BCUT2D eigenvalue weighted by Crippen LogP contribution is -2.26. The Morgan fingerprint density at radius 2 is 2.46 bits per heavy atom. The average Bonchev–Trinajstić information content (AvgIpc) is 2.42. The predicted octanol–water partition coefficient (Wildman–Crippen LogP) is 0.410. The number of aryl methyl sites for hydroxylation is 2. The number of carbonyl (C=O) groups excluding carboxylic acids is 1. The molecule has 1 aromatic rings. The number of hydrogen-bond acceptors (Lipinski definition) is 3. The van der Waals surface area contributed by atoms with Crippen LogP contribution in [0.2, 0.25) is 0 Å². The molecule has 1 aromatic heterocycles. The molecule has 1 N–H and O–H groups in total. The molecule has 0 atom stereocenters. The zero-order valence-corrected chi connectivity index (χ0v) is 8.00. The van der Waals surface area contributed by atoms with Crippen LogP contribution in [0.5, 0.6) is 0 Å². The van der Waals surface area contributed by atoms with Gasteiger partial charge in [0.05, 0.1) is 18.6 Å². The third-order valence-corrected chi connectivity index (χ3v) is 1.64. The zero-order chi connectivity index (χ0) is 9.84. The molecule has 13 heavy (non-hydrogen) atoms. The van der Waals surface area contributed by atoms with E-state index in [4.69, 9.17) is 4.84 Å². The van der Waals surface area contributed by atoms with Crippen LogP contribution in [0.3, 0.4) is 0 Å². The number of nitrogens with one attached hydrogen (secondary N) is 1. The van der Waals surface area contributed by atoms with E-state index in [0.717, 1.165) is 0 Å². The molecule has 0 saturated carbocycles. The minimum atomic E-state index is -0.264. The summed E-state index contributed by atoms with van der Waals surface area (Å²) in [5, 5.41) is 0. The number of aromatic nitrogens is 2. The molecule has 0 aliphatic heterocycles. The molecule has 1 amide bonds. The molecule has 72 valence electrons. The first-order valence-electron chi connectivity index (χ1n) is 4.06. The maximum atomic E-state index is 11.4. The summed E-state index contributed by atoms with van der Waals surface area (Å²) in [5.41, 5.74) is 3.53. The van der Waals surface area contributed by atoms with Crippen molar-refractivity contribution >= 4 is 5.91 Å². The van der Waals surface area contributed by atoms with Gasteiger partial charge >= 0.3 is 0 Å². The first-order chi connectivity index (χ1) is 6.16. The standard InChI is InChI=1S/C8H13N3O2/c1-4-13-10-8(12)7-6(2)9-5-11(7)3/h5H,4H2,1-3H3,(H,10,12). The summed E-state index contributed by atoms with van der Waals surface area (Å²) in [5.74, 6) is -0.264. The van der Waals surface area contributed by atoms with Crippen LogP contribution in [0.15, 0.2) is 6.33 Å². The van der Waals surface area contributed by atoms with Crippen LogP contribution < -0.4 is 5.48 Å². The van der Waals surface area contributed by atoms with E-state index in [1.165, 1.54) is 0 Å². The summed E-state index contributed by atoms with van der Waals surface area (Å²) in [6, 6.07) is 0. The lowest BCUT2D eigenvalue weighted by molar-refractivity contribution is 0.0356. The van der Waals surface area contributed by atoms with Gasteiger partial charge in [0, 0.05) is 7.05 Å². The van der Waals surface area contributed by atoms with Crippen molar-refractivity contribution in [2.24, 2.45) is 7.05 Å². The van der Waals surface area contributed by atoms with Gasteiger partial charge in [-0.15, -0.1) is 0 Å². The van der Waals surface area contributed by atoms with Gasteiger partial charge in [0.1, 0.15) is 5.69 Å². The Bertz CT molecular complexity index is 287. The first kappa shape index (κ1) is 9.73. The summed E-state index contributed by atoms with van der Waals surface area (Å²) in [6.45, 7) is 4.03. The van der Waals surface area contributed by atoms with Crippen molar-refractivity contribution in [2.75, 3.05) is 6.61 Å². The van der Waals surface area contributed by atoms with Gasteiger partial charge in [-0.05, 0) is 13.8 Å². The molecular weight excluding hydrogens is 170 g/mol. The highest BCUT2D eigenvalue weighted by Crippen LogP contribution is 2.03. The van der Waals surface area contributed by atoms with Gasteiger partial charge in [-0.25, -0.2) is 10.5 Å². The summed E-state index contributed by atoms with van der Waals surface area (Å²) >= 11 is 0. The minimum absolute atomic E-state index is 0.264. The molecule has 5 nitrogen and oxygen atoms in total. The number of hydrogen-bond donors (Lipinski definition) is 1. The van der Waals surface area contributed by atoms with Gasteiger partial charge in [0.15, 0.2) is 0 Å². The van der Waals surface area contributed by atoms with Gasteiger partial charge in [0.25, 0.3) is 5.91 Å².